The summed E-state index contributed by atoms with van der Waals surface area (Å²) in [4.78, 5) is 53.1. The third-order valence-corrected chi connectivity index (χ3v) is 3.31. The normalized spacial score (nSPS) is 14.0. The van der Waals surface area contributed by atoms with Crippen molar-refractivity contribution in [3.8, 4) is 0 Å². The van der Waals surface area contributed by atoms with Gasteiger partial charge in [-0.3, -0.25) is 19.2 Å². The van der Waals surface area contributed by atoms with Crippen LogP contribution in [0.4, 0.5) is 0 Å². The number of imidazole rings is 1. The quantitative estimate of drug-likeness (QED) is 0.219. The number of carboxylic acids is 1. The molecule has 8 N–H and O–H groups in total. The van der Waals surface area contributed by atoms with Crippen LogP contribution in [0.5, 0.6) is 0 Å². The van der Waals surface area contributed by atoms with E-state index < -0.39 is 55.0 Å². The molecule has 0 aliphatic carbocycles. The zero-order valence-electron chi connectivity index (χ0n) is 14.1. The van der Waals surface area contributed by atoms with Crippen molar-refractivity contribution in [3.63, 3.8) is 0 Å². The van der Waals surface area contributed by atoms with Crippen LogP contribution < -0.4 is 21.7 Å². The van der Waals surface area contributed by atoms with Gasteiger partial charge in [-0.15, -0.1) is 0 Å². The number of rotatable bonds is 10. The predicted molar refractivity (Wildman–Crippen MR) is 87.5 cm³/mol. The first-order chi connectivity index (χ1) is 12.2. The molecule has 0 aliphatic heterocycles. The summed E-state index contributed by atoms with van der Waals surface area (Å²) < 4.78 is 0. The fraction of sp³-hybridized carbons (Fsp3) is 0.500. The molecule has 3 unspecified atom stereocenters. The molecule has 144 valence electrons. The number of aromatic nitrogens is 2. The van der Waals surface area contributed by atoms with E-state index in [-0.39, 0.29) is 6.42 Å². The molecule has 12 nitrogen and oxygen atoms in total. The van der Waals surface area contributed by atoms with Crippen LogP contribution in [0.3, 0.4) is 0 Å². The number of carboxylic acid groups (broad SMARTS) is 1. The molecular formula is C14H22N6O6. The average molecular weight is 370 g/mol. The molecule has 0 spiro atoms. The van der Waals surface area contributed by atoms with Gasteiger partial charge in [-0.1, -0.05) is 0 Å². The van der Waals surface area contributed by atoms with Crippen molar-refractivity contribution < 1.29 is 29.4 Å². The van der Waals surface area contributed by atoms with E-state index >= 15 is 0 Å². The Balaban J connectivity index is 2.73. The zero-order chi connectivity index (χ0) is 19.7. The van der Waals surface area contributed by atoms with Gasteiger partial charge in [0.2, 0.25) is 17.7 Å². The van der Waals surface area contributed by atoms with Crippen molar-refractivity contribution in [2.45, 2.75) is 31.5 Å². The van der Waals surface area contributed by atoms with Crippen LogP contribution in [-0.2, 0) is 25.6 Å². The Bertz CT molecular complexity index is 634. The Morgan fingerprint density at radius 2 is 1.92 bits per heavy atom. The molecule has 0 aliphatic rings. The first-order valence-corrected chi connectivity index (χ1v) is 7.68. The smallest absolute Gasteiger partial charge is 0.322 e. The number of hydrogen-bond donors (Lipinski definition) is 7. The summed E-state index contributed by atoms with van der Waals surface area (Å²) in [5.41, 5.74) is 5.89. The number of aliphatic carboxylic acids is 1. The van der Waals surface area contributed by atoms with Crippen LogP contribution in [0.2, 0.25) is 0 Å². The van der Waals surface area contributed by atoms with Crippen molar-refractivity contribution in [2.24, 2.45) is 5.73 Å². The number of carbonyl (C=O) groups is 4. The molecule has 1 heterocycles. The molecule has 1 rings (SSSR count). The van der Waals surface area contributed by atoms with Gasteiger partial charge in [0, 0.05) is 18.3 Å². The second kappa shape index (κ2) is 10.1. The summed E-state index contributed by atoms with van der Waals surface area (Å²) >= 11 is 0. The highest BCUT2D eigenvalue weighted by Crippen LogP contribution is 2.00. The molecule has 3 atom stereocenters. The molecule has 1 aromatic heterocycles. The van der Waals surface area contributed by atoms with Gasteiger partial charge in [-0.2, -0.15) is 0 Å². The van der Waals surface area contributed by atoms with E-state index in [0.717, 1.165) is 0 Å². The molecule has 26 heavy (non-hydrogen) atoms. The zero-order valence-corrected chi connectivity index (χ0v) is 14.1. The summed E-state index contributed by atoms with van der Waals surface area (Å²) in [6.07, 6.45) is 2.88. The van der Waals surface area contributed by atoms with Crippen LogP contribution >= 0.6 is 0 Å². The highest BCUT2D eigenvalue weighted by molar-refractivity contribution is 5.93. The highest BCUT2D eigenvalue weighted by Gasteiger charge is 2.26. The number of nitrogens with one attached hydrogen (secondary N) is 4. The first-order valence-electron chi connectivity index (χ1n) is 7.68. The number of amides is 3. The van der Waals surface area contributed by atoms with Crippen molar-refractivity contribution in [1.82, 2.24) is 25.9 Å². The van der Waals surface area contributed by atoms with Crippen molar-refractivity contribution in [1.29, 1.82) is 0 Å². The maximum Gasteiger partial charge on any atom is 0.322 e. The molecule has 0 saturated carbocycles. The minimum atomic E-state index is -1.23. The van der Waals surface area contributed by atoms with Gasteiger partial charge < -0.3 is 36.9 Å². The number of aromatic amines is 1. The standard InChI is InChI=1S/C14H22N6O6/c1-7(19-13(25)9(15)5-21)12(24)20-10(2-8-3-16-6-18-8)14(26)17-4-11(22)23/h3,6-7,9-10,21H,2,4-5,15H2,1H3,(H,16,18)(H,17,26)(H,19,25)(H,20,24)(H,22,23). The summed E-state index contributed by atoms with van der Waals surface area (Å²) in [6.45, 7) is 0.186. The molecule has 12 heteroatoms. The number of H-pyrrole nitrogens is 1. The molecule has 0 saturated heterocycles. The van der Waals surface area contributed by atoms with E-state index in [0.29, 0.717) is 5.69 Å². The molecule has 0 aromatic carbocycles. The third-order valence-electron chi connectivity index (χ3n) is 3.31. The van der Waals surface area contributed by atoms with Crippen molar-refractivity contribution >= 4 is 23.7 Å². The Hall–Kier alpha value is -2.99. The Morgan fingerprint density at radius 1 is 1.23 bits per heavy atom. The summed E-state index contributed by atoms with van der Waals surface area (Å²) in [5.74, 6) is -3.35. The largest absolute Gasteiger partial charge is 0.480 e. The van der Waals surface area contributed by atoms with E-state index in [4.69, 9.17) is 15.9 Å². The highest BCUT2D eigenvalue weighted by atomic mass is 16.4. The van der Waals surface area contributed by atoms with E-state index in [1.54, 1.807) is 0 Å². The fourth-order valence-corrected chi connectivity index (χ4v) is 1.88. The third kappa shape index (κ3) is 6.86. The van der Waals surface area contributed by atoms with Crippen LogP contribution in [0, 0.1) is 0 Å². The maximum absolute atomic E-state index is 12.2. The minimum Gasteiger partial charge on any atom is -0.480 e. The average Bonchev–Trinajstić information content (AvgIpc) is 3.10. The van der Waals surface area contributed by atoms with Crippen LogP contribution in [0.1, 0.15) is 12.6 Å². The SMILES string of the molecule is CC(NC(=O)C(N)CO)C(=O)NC(Cc1cnc[nH]1)C(=O)NCC(=O)O. The number of carbonyl (C=O) groups excluding carboxylic acids is 3. The lowest BCUT2D eigenvalue weighted by molar-refractivity contribution is -0.138. The van der Waals surface area contributed by atoms with E-state index in [9.17, 15) is 19.2 Å². The Morgan fingerprint density at radius 3 is 2.46 bits per heavy atom. The second-order valence-electron chi connectivity index (χ2n) is 5.47. The van der Waals surface area contributed by atoms with E-state index in [1.165, 1.54) is 19.4 Å². The van der Waals surface area contributed by atoms with Gasteiger partial charge >= 0.3 is 5.97 Å². The van der Waals surface area contributed by atoms with E-state index in [2.05, 4.69) is 25.9 Å². The second-order valence-corrected chi connectivity index (χ2v) is 5.47. The number of aliphatic hydroxyl groups is 1. The lowest BCUT2D eigenvalue weighted by Crippen LogP contribution is -2.56. The number of nitrogens with zero attached hydrogens (tertiary/aromatic N) is 1. The monoisotopic (exact) mass is 370 g/mol. The van der Waals surface area contributed by atoms with Gasteiger partial charge in [0.25, 0.3) is 0 Å². The molecule has 3 amide bonds. The molecule has 1 aromatic rings. The molecule has 0 bridgehead atoms. The van der Waals surface area contributed by atoms with Gasteiger partial charge in [-0.25, -0.2) is 4.98 Å². The molecule has 0 fully saturated rings. The molecular weight excluding hydrogens is 348 g/mol. The first kappa shape index (κ1) is 21.1. The topological polar surface area (TPSA) is 200 Å². The van der Waals surface area contributed by atoms with Crippen molar-refractivity contribution in [2.75, 3.05) is 13.2 Å². The summed E-state index contributed by atoms with van der Waals surface area (Å²) in [7, 11) is 0. The fourth-order valence-electron chi connectivity index (χ4n) is 1.88. The number of nitrogens with two attached hydrogens (primary N) is 1. The van der Waals surface area contributed by atoms with Crippen LogP contribution in [-0.4, -0.2) is 75.1 Å². The minimum absolute atomic E-state index is 0.0357. The van der Waals surface area contributed by atoms with E-state index in [1.807, 2.05) is 0 Å². The van der Waals surface area contributed by atoms with Crippen molar-refractivity contribution in [3.05, 3.63) is 18.2 Å². The maximum atomic E-state index is 12.2. The Kier molecular flexibility index (Phi) is 8.18. The van der Waals surface area contributed by atoms with Gasteiger partial charge in [0.05, 0.1) is 12.9 Å². The molecule has 0 radical (unpaired) electrons. The van der Waals surface area contributed by atoms with Crippen LogP contribution in [0.25, 0.3) is 0 Å². The summed E-state index contributed by atoms with van der Waals surface area (Å²) in [5, 5.41) is 24.4. The lowest BCUT2D eigenvalue weighted by Gasteiger charge is -2.21. The number of aliphatic hydroxyl groups excluding tert-OH is 1. The van der Waals surface area contributed by atoms with Gasteiger partial charge in [0.1, 0.15) is 24.7 Å². The number of hydrogen-bond acceptors (Lipinski definition) is 7. The van der Waals surface area contributed by atoms with Gasteiger partial charge in [0.15, 0.2) is 0 Å². The predicted octanol–water partition coefficient (Wildman–Crippen LogP) is -3.54. The van der Waals surface area contributed by atoms with Gasteiger partial charge in [-0.05, 0) is 6.92 Å². The lowest BCUT2D eigenvalue weighted by atomic mass is 10.1. The van der Waals surface area contributed by atoms with Crippen LogP contribution in [0.15, 0.2) is 12.5 Å². The Labute approximate surface area is 148 Å². The summed E-state index contributed by atoms with van der Waals surface area (Å²) in [6, 6.07) is -3.30.